The van der Waals surface area contributed by atoms with Crippen LogP contribution in [0.4, 0.5) is 11.4 Å². The Morgan fingerprint density at radius 1 is 0.960 bits per heavy atom. The van der Waals surface area contributed by atoms with Crippen LogP contribution in [0.15, 0.2) is 90.2 Å². The predicted octanol–water partition coefficient (Wildman–Crippen LogP) is 4.80. The second-order valence-corrected chi connectivity index (χ2v) is 12.9. The first-order valence-electron chi connectivity index (χ1n) is 16.7. The quantitative estimate of drug-likeness (QED) is 0.190. The van der Waals surface area contributed by atoms with Gasteiger partial charge in [-0.1, -0.05) is 24.6 Å². The molecule has 0 N–H and O–H groups in total. The molecule has 258 valence electrons. The van der Waals surface area contributed by atoms with Crippen molar-refractivity contribution < 1.29 is 14.2 Å². The molecule has 1 unspecified atom stereocenters. The predicted molar refractivity (Wildman–Crippen MR) is 188 cm³/mol. The number of halogens is 1. The van der Waals surface area contributed by atoms with Gasteiger partial charge in [0.1, 0.15) is 31.3 Å². The zero-order valence-electron chi connectivity index (χ0n) is 27.9. The SMILES string of the molecule is CCC(C)n1ncn(-c2ccc(N3CCN(c4ccc(OC[C@@H]5CO[C@@](Cn6nccn6)(c6ccc(C#N)cc6Cl)O5)cc4)CC3)cc2)c1=O. The van der Waals surface area contributed by atoms with Crippen molar-refractivity contribution in [2.24, 2.45) is 0 Å². The molecule has 5 aromatic rings. The molecule has 0 spiro atoms. The zero-order valence-corrected chi connectivity index (χ0v) is 28.7. The van der Waals surface area contributed by atoms with E-state index in [1.165, 1.54) is 9.48 Å². The maximum absolute atomic E-state index is 12.8. The first-order valence-corrected chi connectivity index (χ1v) is 17.1. The van der Waals surface area contributed by atoms with Gasteiger partial charge in [-0.2, -0.15) is 25.4 Å². The highest BCUT2D eigenvalue weighted by Crippen LogP contribution is 2.40. The Kier molecular flexibility index (Phi) is 9.58. The third kappa shape index (κ3) is 6.82. The molecule has 2 fully saturated rings. The molecule has 0 aliphatic carbocycles. The van der Waals surface area contributed by atoms with Crippen LogP contribution < -0.4 is 20.2 Å². The number of piperazine rings is 1. The van der Waals surface area contributed by atoms with Gasteiger partial charge >= 0.3 is 5.69 Å². The number of rotatable bonds is 11. The maximum Gasteiger partial charge on any atom is 0.350 e. The molecule has 3 aromatic carbocycles. The van der Waals surface area contributed by atoms with Crippen molar-refractivity contribution in [3.8, 4) is 17.5 Å². The van der Waals surface area contributed by atoms with E-state index >= 15 is 0 Å². The van der Waals surface area contributed by atoms with Crippen LogP contribution in [-0.4, -0.2) is 74.8 Å². The summed E-state index contributed by atoms with van der Waals surface area (Å²) in [5.41, 5.74) is 3.99. The smallest absolute Gasteiger partial charge is 0.350 e. The number of nitrogens with zero attached hydrogens (tertiary/aromatic N) is 9. The van der Waals surface area contributed by atoms with E-state index in [1.807, 2.05) is 38.1 Å². The minimum Gasteiger partial charge on any atom is -0.491 e. The molecule has 4 heterocycles. The Morgan fingerprint density at radius 3 is 2.22 bits per heavy atom. The van der Waals surface area contributed by atoms with Crippen LogP contribution >= 0.6 is 11.6 Å². The summed E-state index contributed by atoms with van der Waals surface area (Å²) < 4.78 is 22.0. The summed E-state index contributed by atoms with van der Waals surface area (Å²) in [6, 6.07) is 23.4. The molecule has 0 radical (unpaired) electrons. The lowest BCUT2D eigenvalue weighted by molar-refractivity contribution is -0.192. The minimum atomic E-state index is -1.23. The summed E-state index contributed by atoms with van der Waals surface area (Å²) in [4.78, 5) is 19.0. The number of hydrogen-bond acceptors (Lipinski definition) is 10. The number of ether oxygens (including phenoxy) is 3. The van der Waals surface area contributed by atoms with Crippen LogP contribution in [0.3, 0.4) is 0 Å². The molecule has 3 atom stereocenters. The molecule has 50 heavy (non-hydrogen) atoms. The number of anilines is 2. The van der Waals surface area contributed by atoms with Crippen molar-refractivity contribution in [3.63, 3.8) is 0 Å². The van der Waals surface area contributed by atoms with Gasteiger partial charge in [0, 0.05) is 43.1 Å². The highest BCUT2D eigenvalue weighted by atomic mass is 35.5. The third-order valence-electron chi connectivity index (χ3n) is 9.30. The molecule has 0 saturated carbocycles. The molecule has 13 nitrogen and oxygen atoms in total. The van der Waals surface area contributed by atoms with E-state index in [0.717, 1.165) is 55.4 Å². The topological polar surface area (TPSA) is 128 Å². The zero-order chi connectivity index (χ0) is 34.7. The lowest BCUT2D eigenvalue weighted by Gasteiger charge is -2.37. The monoisotopic (exact) mass is 695 g/mol. The summed E-state index contributed by atoms with van der Waals surface area (Å²) in [7, 11) is 0. The standard InChI is InChI=1S/C36H38ClN9O4/c1-3-26(2)46-35(47)44(25-41-46)30-7-5-28(6-8-30)42-16-18-43(19-17-42)29-9-11-31(12-10-29)48-22-32-23-49-36(50-32,24-45-39-14-15-40-45)33-13-4-27(21-38)20-34(33)37/h4-15,20,25-26,32H,3,16-19,22-24H2,1-2H3/t26?,32-,36-/m1/s1. The van der Waals surface area contributed by atoms with E-state index in [2.05, 4.69) is 55.4 Å². The lowest BCUT2D eigenvalue weighted by atomic mass is 10.0. The lowest BCUT2D eigenvalue weighted by Crippen LogP contribution is -2.46. The number of nitriles is 1. The molecule has 2 aromatic heterocycles. The van der Waals surface area contributed by atoms with Crippen molar-refractivity contribution in [2.75, 3.05) is 49.2 Å². The highest BCUT2D eigenvalue weighted by Gasteiger charge is 2.46. The summed E-state index contributed by atoms with van der Waals surface area (Å²) in [5.74, 6) is -0.504. The fourth-order valence-electron chi connectivity index (χ4n) is 6.32. The summed E-state index contributed by atoms with van der Waals surface area (Å²) in [6.07, 6.45) is 5.24. The van der Waals surface area contributed by atoms with Gasteiger partial charge in [-0.3, -0.25) is 0 Å². The molecular formula is C36H38ClN9O4. The normalized spacial score (nSPS) is 19.8. The first-order chi connectivity index (χ1) is 24.4. The highest BCUT2D eigenvalue weighted by molar-refractivity contribution is 6.31. The van der Waals surface area contributed by atoms with Gasteiger partial charge in [0.2, 0.25) is 5.79 Å². The van der Waals surface area contributed by atoms with Crippen LogP contribution in [0.25, 0.3) is 5.69 Å². The van der Waals surface area contributed by atoms with Gasteiger partial charge in [-0.25, -0.2) is 14.0 Å². The summed E-state index contributed by atoms with van der Waals surface area (Å²) in [6.45, 7) is 8.28. The number of hydrogen-bond donors (Lipinski definition) is 0. The van der Waals surface area contributed by atoms with Crippen molar-refractivity contribution in [1.82, 2.24) is 29.3 Å². The Hall–Kier alpha value is -5.16. The van der Waals surface area contributed by atoms with Crippen LogP contribution in [0.5, 0.6) is 5.75 Å². The van der Waals surface area contributed by atoms with E-state index in [-0.39, 0.29) is 37.6 Å². The maximum atomic E-state index is 12.8. The van der Waals surface area contributed by atoms with Gasteiger partial charge in [0.05, 0.1) is 47.4 Å². The van der Waals surface area contributed by atoms with Gasteiger partial charge in [-0.05, 0) is 74.0 Å². The van der Waals surface area contributed by atoms with E-state index < -0.39 is 5.79 Å². The Morgan fingerprint density at radius 2 is 1.60 bits per heavy atom. The van der Waals surface area contributed by atoms with E-state index in [0.29, 0.717) is 16.1 Å². The Labute approximate surface area is 294 Å². The Balaban J connectivity index is 0.929. The largest absolute Gasteiger partial charge is 0.491 e. The molecule has 2 aliphatic heterocycles. The van der Waals surface area contributed by atoms with Gasteiger partial charge < -0.3 is 24.0 Å². The van der Waals surface area contributed by atoms with Gasteiger partial charge in [0.25, 0.3) is 0 Å². The van der Waals surface area contributed by atoms with Crippen LogP contribution in [0.1, 0.15) is 37.4 Å². The van der Waals surface area contributed by atoms with Crippen LogP contribution in [-0.2, 0) is 21.8 Å². The van der Waals surface area contributed by atoms with Crippen molar-refractivity contribution in [3.05, 3.63) is 112 Å². The molecule has 0 bridgehead atoms. The third-order valence-corrected chi connectivity index (χ3v) is 9.61. The summed E-state index contributed by atoms with van der Waals surface area (Å²) in [5, 5.41) is 22.4. The Bertz CT molecular complexity index is 2000. The molecule has 2 saturated heterocycles. The molecule has 7 rings (SSSR count). The molecular weight excluding hydrogens is 658 g/mol. The first kappa shape index (κ1) is 33.3. The number of aromatic nitrogens is 6. The fourth-order valence-corrected chi connectivity index (χ4v) is 6.64. The second-order valence-electron chi connectivity index (χ2n) is 12.5. The van der Waals surface area contributed by atoms with E-state index in [9.17, 15) is 10.1 Å². The second kappa shape index (κ2) is 14.4. The fraction of sp³-hybridized carbons (Fsp3) is 0.361. The average molecular weight is 696 g/mol. The van der Waals surface area contributed by atoms with Crippen LogP contribution in [0, 0.1) is 11.3 Å². The summed E-state index contributed by atoms with van der Waals surface area (Å²) >= 11 is 6.59. The average Bonchev–Trinajstić information content (AvgIpc) is 3.92. The minimum absolute atomic E-state index is 0.0603. The van der Waals surface area contributed by atoms with E-state index in [4.69, 9.17) is 25.8 Å². The van der Waals surface area contributed by atoms with E-state index in [1.54, 1.807) is 41.5 Å². The molecule has 2 aliphatic rings. The van der Waals surface area contributed by atoms with Crippen molar-refractivity contribution >= 4 is 23.0 Å². The molecule has 0 amide bonds. The van der Waals surface area contributed by atoms with Gasteiger partial charge in [-0.15, -0.1) is 0 Å². The number of benzene rings is 3. The van der Waals surface area contributed by atoms with Crippen molar-refractivity contribution in [1.29, 1.82) is 5.26 Å². The van der Waals surface area contributed by atoms with Crippen molar-refractivity contribution in [2.45, 2.75) is 44.7 Å². The van der Waals surface area contributed by atoms with Crippen LogP contribution in [0.2, 0.25) is 5.02 Å². The molecule has 14 heteroatoms. The van der Waals surface area contributed by atoms with Gasteiger partial charge in [0.15, 0.2) is 0 Å².